The van der Waals surface area contributed by atoms with Crippen molar-refractivity contribution in [1.29, 1.82) is 0 Å². The van der Waals surface area contributed by atoms with Crippen LogP contribution in [-0.4, -0.2) is 82.5 Å². The average molecular weight is 606 g/mol. The molecule has 4 aliphatic rings. The van der Waals surface area contributed by atoms with Gasteiger partial charge in [-0.05, 0) is 77.8 Å². The Kier molecular flexibility index (Phi) is 9.80. The van der Waals surface area contributed by atoms with E-state index in [1.54, 1.807) is 18.3 Å². The highest BCUT2D eigenvalue weighted by Gasteiger charge is 2.43. The zero-order valence-electron chi connectivity index (χ0n) is 27.0. The van der Waals surface area contributed by atoms with Crippen molar-refractivity contribution in [3.05, 3.63) is 47.7 Å². The molecule has 0 aromatic carbocycles. The Balaban J connectivity index is 1.19. The lowest BCUT2D eigenvalue weighted by molar-refractivity contribution is -0.122. The van der Waals surface area contributed by atoms with Crippen LogP contribution in [0, 0.1) is 5.92 Å². The van der Waals surface area contributed by atoms with Gasteiger partial charge in [0.05, 0.1) is 17.0 Å². The molecule has 3 unspecified atom stereocenters. The first-order valence-corrected chi connectivity index (χ1v) is 16.6. The summed E-state index contributed by atoms with van der Waals surface area (Å²) >= 11 is 0. The molecule has 0 spiro atoms. The van der Waals surface area contributed by atoms with Gasteiger partial charge in [-0.25, -0.2) is 4.98 Å². The van der Waals surface area contributed by atoms with Crippen molar-refractivity contribution < 1.29 is 14.4 Å². The number of hydrogen-bond acceptors (Lipinski definition) is 7. The highest BCUT2D eigenvalue weighted by atomic mass is 16.2. The first kappa shape index (κ1) is 32.2. The maximum atomic E-state index is 13.5. The van der Waals surface area contributed by atoms with E-state index < -0.39 is 17.4 Å². The number of nitrogens with one attached hydrogen (secondary N) is 3. The van der Waals surface area contributed by atoms with Gasteiger partial charge in [-0.2, -0.15) is 0 Å². The molecule has 6 atom stereocenters. The maximum absolute atomic E-state index is 13.5. The highest BCUT2D eigenvalue weighted by molar-refractivity contribution is 5.98. The van der Waals surface area contributed by atoms with Crippen LogP contribution in [0.5, 0.6) is 0 Å². The number of aromatic nitrogens is 1. The summed E-state index contributed by atoms with van der Waals surface area (Å²) in [6, 6.07) is 5.35. The Hall–Kier alpha value is -3.24. The second-order valence-corrected chi connectivity index (χ2v) is 13.7. The quantitative estimate of drug-likeness (QED) is 0.305. The molecule has 2 bridgehead atoms. The number of fused-ring (bicyclic) bond motifs is 2. The maximum Gasteiger partial charge on any atom is 0.253 e. The topological polar surface area (TPSA) is 133 Å². The van der Waals surface area contributed by atoms with Crippen LogP contribution in [0.25, 0.3) is 0 Å². The van der Waals surface area contributed by atoms with Gasteiger partial charge >= 0.3 is 0 Å². The monoisotopic (exact) mass is 605 g/mol. The van der Waals surface area contributed by atoms with Crippen molar-refractivity contribution in [2.24, 2.45) is 11.7 Å². The zero-order chi connectivity index (χ0) is 31.6. The van der Waals surface area contributed by atoms with E-state index in [9.17, 15) is 14.4 Å². The number of anilines is 1. The molecular formula is C34H51N7O3. The van der Waals surface area contributed by atoms with Crippen molar-refractivity contribution in [2.75, 3.05) is 18.0 Å². The normalized spacial score (nSPS) is 30.1. The molecule has 1 aromatic rings. The molecule has 3 saturated heterocycles. The largest absolute Gasteiger partial charge is 0.369 e. The van der Waals surface area contributed by atoms with E-state index in [0.717, 1.165) is 63.9 Å². The van der Waals surface area contributed by atoms with Gasteiger partial charge in [0.15, 0.2) is 0 Å². The summed E-state index contributed by atoms with van der Waals surface area (Å²) in [5, 5.41) is 10.0. The Morgan fingerprint density at radius 1 is 1.02 bits per heavy atom. The fourth-order valence-electron chi connectivity index (χ4n) is 7.71. The van der Waals surface area contributed by atoms with Crippen molar-refractivity contribution in [1.82, 2.24) is 25.8 Å². The van der Waals surface area contributed by atoms with Crippen LogP contribution in [0.1, 0.15) is 89.9 Å². The first-order chi connectivity index (χ1) is 21.0. The van der Waals surface area contributed by atoms with Crippen LogP contribution in [0.2, 0.25) is 0 Å². The predicted octanol–water partition coefficient (Wildman–Crippen LogP) is 3.04. The predicted molar refractivity (Wildman–Crippen MR) is 173 cm³/mol. The third kappa shape index (κ3) is 6.86. The average Bonchev–Trinajstić information content (AvgIpc) is 3.57. The lowest BCUT2D eigenvalue weighted by Crippen LogP contribution is -2.56. The summed E-state index contributed by atoms with van der Waals surface area (Å²) < 4.78 is 0. The van der Waals surface area contributed by atoms with E-state index in [1.807, 2.05) is 25.1 Å². The van der Waals surface area contributed by atoms with Crippen LogP contribution in [0.15, 0.2) is 42.1 Å². The van der Waals surface area contributed by atoms with Crippen molar-refractivity contribution in [3.63, 3.8) is 0 Å². The number of pyridine rings is 1. The number of nitrogens with two attached hydrogens (primary N) is 1. The molecule has 3 amide bonds. The van der Waals surface area contributed by atoms with E-state index in [4.69, 9.17) is 10.7 Å². The Labute approximate surface area is 262 Å². The molecular weight excluding hydrogens is 554 g/mol. The second kappa shape index (κ2) is 13.4. The summed E-state index contributed by atoms with van der Waals surface area (Å²) in [6.07, 6.45) is 13.7. The number of hydrogen-bond donors (Lipinski definition) is 4. The van der Waals surface area contributed by atoms with E-state index in [0.29, 0.717) is 17.2 Å². The van der Waals surface area contributed by atoms with Crippen LogP contribution < -0.4 is 26.6 Å². The number of primary amides is 1. The van der Waals surface area contributed by atoms with Crippen LogP contribution >= 0.6 is 0 Å². The minimum Gasteiger partial charge on any atom is -0.369 e. The number of nitrogens with zero attached hydrogens (tertiary/aromatic N) is 3. The summed E-state index contributed by atoms with van der Waals surface area (Å²) in [5.41, 5.74) is 6.17. The molecule has 1 aromatic heterocycles. The smallest absolute Gasteiger partial charge is 0.253 e. The first-order valence-electron chi connectivity index (χ1n) is 16.6. The van der Waals surface area contributed by atoms with E-state index in [2.05, 4.69) is 53.4 Å². The molecule has 240 valence electrons. The van der Waals surface area contributed by atoms with E-state index >= 15 is 0 Å². The molecule has 3 aliphatic heterocycles. The molecule has 10 heteroatoms. The van der Waals surface area contributed by atoms with Gasteiger partial charge in [0, 0.05) is 61.1 Å². The summed E-state index contributed by atoms with van der Waals surface area (Å²) in [7, 11) is 0. The molecule has 4 heterocycles. The number of amides is 3. The minimum atomic E-state index is -0.730. The molecule has 3 fully saturated rings. The molecule has 44 heavy (non-hydrogen) atoms. The lowest BCUT2D eigenvalue weighted by atomic mass is 9.78. The molecule has 5 N–H and O–H groups in total. The van der Waals surface area contributed by atoms with Crippen LogP contribution in [-0.2, 0) is 9.59 Å². The Morgan fingerprint density at radius 2 is 1.70 bits per heavy atom. The molecule has 5 rings (SSSR count). The molecule has 0 radical (unpaired) electrons. The zero-order valence-corrected chi connectivity index (χ0v) is 27.0. The van der Waals surface area contributed by atoms with Crippen molar-refractivity contribution in [2.45, 2.75) is 121 Å². The lowest BCUT2D eigenvalue weighted by Gasteiger charge is -2.41. The number of carbonyl (C=O) groups excluding carboxylic acids is 3. The molecule has 0 saturated carbocycles. The number of carbonyl (C=O) groups is 3. The van der Waals surface area contributed by atoms with Crippen LogP contribution in [0.4, 0.5) is 5.82 Å². The standard InChI is InChI=1S/C34H51N7O3/c1-6-24(7-2)39-34(5)18-22(8-12-29(34)31(35)42)32(43)38-26-16-27-10-11-28(17-26)41(27)30-13-9-23(19-36-30)33(44)37-25-14-15-40(20-25)21(3)4/h8-9,12-13,18-19,21,24-29,39H,6-7,10-11,14-17,20H2,1-5H3,(H2,35,42)(H,37,44)(H,38,43)/t25-,26?,27-,28+,29?,34?/m1/s1. The van der Waals surface area contributed by atoms with E-state index in [1.165, 1.54) is 0 Å². The summed E-state index contributed by atoms with van der Waals surface area (Å²) in [5.74, 6) is -0.225. The van der Waals surface area contributed by atoms with Gasteiger partial charge < -0.3 is 26.6 Å². The fourth-order valence-corrected chi connectivity index (χ4v) is 7.71. The van der Waals surface area contributed by atoms with Gasteiger partial charge in [0.2, 0.25) is 5.91 Å². The van der Waals surface area contributed by atoms with E-state index in [-0.39, 0.29) is 42.0 Å². The number of piperidine rings is 1. The van der Waals surface area contributed by atoms with Gasteiger partial charge in [0.1, 0.15) is 5.82 Å². The minimum absolute atomic E-state index is 0.0551. The van der Waals surface area contributed by atoms with Gasteiger partial charge in [-0.15, -0.1) is 0 Å². The van der Waals surface area contributed by atoms with Crippen molar-refractivity contribution in [3.8, 4) is 0 Å². The molecule has 10 nitrogen and oxygen atoms in total. The summed E-state index contributed by atoms with van der Waals surface area (Å²) in [6.45, 7) is 12.4. The van der Waals surface area contributed by atoms with Gasteiger partial charge in [-0.3, -0.25) is 19.3 Å². The van der Waals surface area contributed by atoms with Crippen molar-refractivity contribution >= 4 is 23.5 Å². The second-order valence-electron chi connectivity index (χ2n) is 13.7. The SMILES string of the molecule is CCC(CC)NC1(C)C=C(C(=O)NC2C[C@H]3CC[C@@H](C2)N3c2ccc(C(=O)N[C@@H]3CCN(C(C)C)C3)cn2)C=CC1C(N)=O. The molecule has 1 aliphatic carbocycles. The van der Waals surface area contributed by atoms with Crippen LogP contribution in [0.3, 0.4) is 0 Å². The van der Waals surface area contributed by atoms with Gasteiger partial charge in [0.25, 0.3) is 11.8 Å². The Bertz CT molecular complexity index is 1260. The third-order valence-corrected chi connectivity index (χ3v) is 10.3. The number of rotatable bonds is 11. The summed E-state index contributed by atoms with van der Waals surface area (Å²) in [4.78, 5) is 48.1. The number of likely N-dealkylation sites (tertiary alicyclic amines) is 1. The highest BCUT2D eigenvalue weighted by Crippen LogP contribution is 2.39. The third-order valence-electron chi connectivity index (χ3n) is 10.3. The van der Waals surface area contributed by atoms with Gasteiger partial charge in [-0.1, -0.05) is 32.1 Å². The Morgan fingerprint density at radius 3 is 2.27 bits per heavy atom. The fraction of sp³-hybridized carbons (Fsp3) is 0.647.